The molecule has 0 fully saturated rings. The molecule has 0 spiro atoms. The van der Waals surface area contributed by atoms with Crippen molar-refractivity contribution in [3.05, 3.63) is 39.3 Å². The Kier molecular flexibility index (Phi) is 3.06. The number of rotatable bonds is 1. The Balaban J connectivity index is 2.16. The minimum absolute atomic E-state index is 0.512. The molecule has 0 amide bonds. The van der Waals surface area contributed by atoms with Gasteiger partial charge in [-0.25, -0.2) is 0 Å². The minimum atomic E-state index is 0.512. The zero-order chi connectivity index (χ0) is 11.0. The predicted octanol–water partition coefficient (Wildman–Crippen LogP) is 4.62. The molecule has 0 saturated heterocycles. The molecule has 82 valence electrons. The van der Waals surface area contributed by atoms with Gasteiger partial charge in [0, 0.05) is 0 Å². The van der Waals surface area contributed by atoms with Crippen LogP contribution in [-0.4, -0.2) is 14.5 Å². The van der Waals surface area contributed by atoms with Crippen LogP contribution in [0.15, 0.2) is 34.8 Å². The second kappa shape index (κ2) is 4.52. The molecule has 0 nitrogen and oxygen atoms in total. The monoisotopic (exact) mass is 340 g/mol. The van der Waals surface area contributed by atoms with Crippen molar-refractivity contribution < 1.29 is 0 Å². The molecule has 0 saturated carbocycles. The average Bonchev–Trinajstić information content (AvgIpc) is 2.69. The molecule has 1 aliphatic carbocycles. The van der Waals surface area contributed by atoms with Gasteiger partial charge >= 0.3 is 111 Å². The Bertz CT molecular complexity index is 551. The molecule has 3 rings (SSSR count). The van der Waals surface area contributed by atoms with Crippen molar-refractivity contribution in [2.75, 3.05) is 0 Å². The van der Waals surface area contributed by atoms with Gasteiger partial charge < -0.3 is 0 Å². The van der Waals surface area contributed by atoms with E-state index in [0.717, 1.165) is 0 Å². The molecule has 1 aromatic carbocycles. The van der Waals surface area contributed by atoms with E-state index in [2.05, 4.69) is 46.3 Å². The molecular weight excluding hydrogens is 327 g/mol. The van der Waals surface area contributed by atoms with Crippen molar-refractivity contribution in [3.8, 4) is 0 Å². The first-order valence-electron chi connectivity index (χ1n) is 5.73. The van der Waals surface area contributed by atoms with Gasteiger partial charge in [0.1, 0.15) is 0 Å². The summed E-state index contributed by atoms with van der Waals surface area (Å²) in [6.45, 7) is 0. The number of hydrogen-bond acceptors (Lipinski definition) is 0. The number of halogens is 1. The molecule has 2 aromatic rings. The van der Waals surface area contributed by atoms with Crippen molar-refractivity contribution in [2.24, 2.45) is 0 Å². The summed E-state index contributed by atoms with van der Waals surface area (Å²) in [4.78, 5) is 0. The molecule has 0 N–H and O–H groups in total. The van der Waals surface area contributed by atoms with Gasteiger partial charge in [-0.3, -0.25) is 0 Å². The third kappa shape index (κ3) is 1.83. The Morgan fingerprint density at radius 2 is 2.00 bits per heavy atom. The summed E-state index contributed by atoms with van der Waals surface area (Å²) >= 11 is 4.31. The van der Waals surface area contributed by atoms with Crippen LogP contribution < -0.4 is 0 Å². The first kappa shape index (κ1) is 10.8. The van der Waals surface area contributed by atoms with Crippen molar-refractivity contribution in [1.29, 1.82) is 0 Å². The third-order valence-corrected chi connectivity index (χ3v) is 7.15. The second-order valence-electron chi connectivity index (χ2n) is 4.22. The van der Waals surface area contributed by atoms with Gasteiger partial charge in [0.2, 0.25) is 0 Å². The van der Waals surface area contributed by atoms with E-state index >= 15 is 0 Å². The Morgan fingerprint density at radius 3 is 2.75 bits per heavy atom. The number of allylic oxidation sites excluding steroid dienone is 2. The van der Waals surface area contributed by atoms with Crippen LogP contribution >= 0.6 is 15.9 Å². The fourth-order valence-corrected chi connectivity index (χ4v) is 6.02. The molecule has 1 aliphatic rings. The van der Waals surface area contributed by atoms with Crippen LogP contribution in [0.5, 0.6) is 0 Å². The first-order chi connectivity index (χ1) is 7.86. The van der Waals surface area contributed by atoms with Crippen LogP contribution in [-0.2, 0) is 0 Å². The maximum atomic E-state index is 3.79. The van der Waals surface area contributed by atoms with Gasteiger partial charge in [0.25, 0.3) is 0 Å². The predicted molar refractivity (Wildman–Crippen MR) is 75.0 cm³/mol. The Labute approximate surface area is 110 Å². The molecular formula is C14H13BrSe. The van der Waals surface area contributed by atoms with Crippen LogP contribution in [0.25, 0.3) is 15.2 Å². The number of hydrogen-bond donors (Lipinski definition) is 0. The fraction of sp³-hybridized carbons (Fsp3) is 0.286. The van der Waals surface area contributed by atoms with E-state index in [1.54, 1.807) is 10.0 Å². The summed E-state index contributed by atoms with van der Waals surface area (Å²) in [7, 11) is 0. The standard InChI is InChI=1S/C14H13BrSe/c15-13-11-8-4-5-9-12(11)16-14(13)10-6-2-1-3-7-10/h4-6,8-9H,1-3,7H2. The number of fused-ring (bicyclic) bond motifs is 1. The van der Waals surface area contributed by atoms with Gasteiger partial charge in [-0.2, -0.15) is 0 Å². The Hall–Kier alpha value is -0.301. The normalized spacial score (nSPS) is 16.4. The average molecular weight is 340 g/mol. The Morgan fingerprint density at radius 1 is 1.12 bits per heavy atom. The summed E-state index contributed by atoms with van der Waals surface area (Å²) in [6.07, 6.45) is 7.73. The van der Waals surface area contributed by atoms with Crippen LogP contribution in [0.2, 0.25) is 0 Å². The van der Waals surface area contributed by atoms with Crippen molar-refractivity contribution >= 4 is 45.7 Å². The molecule has 0 radical (unpaired) electrons. The van der Waals surface area contributed by atoms with E-state index in [1.807, 2.05) is 0 Å². The summed E-state index contributed by atoms with van der Waals surface area (Å²) in [5, 5.41) is 1.42. The zero-order valence-electron chi connectivity index (χ0n) is 9.00. The van der Waals surface area contributed by atoms with Gasteiger partial charge in [-0.1, -0.05) is 0 Å². The van der Waals surface area contributed by atoms with E-state index in [1.165, 1.54) is 39.8 Å². The quantitative estimate of drug-likeness (QED) is 0.665. The van der Waals surface area contributed by atoms with E-state index in [0.29, 0.717) is 14.5 Å². The maximum absolute atomic E-state index is 3.79. The summed E-state index contributed by atoms with van der Waals surface area (Å²) in [5.74, 6) is 0. The molecule has 0 atom stereocenters. The van der Waals surface area contributed by atoms with Gasteiger partial charge in [0.15, 0.2) is 0 Å². The van der Waals surface area contributed by atoms with Crippen LogP contribution in [0.4, 0.5) is 0 Å². The molecule has 0 aliphatic heterocycles. The molecule has 16 heavy (non-hydrogen) atoms. The topological polar surface area (TPSA) is 0 Å². The van der Waals surface area contributed by atoms with Crippen LogP contribution in [0.1, 0.15) is 30.1 Å². The fourth-order valence-electron chi connectivity index (χ4n) is 2.26. The van der Waals surface area contributed by atoms with Crippen LogP contribution in [0.3, 0.4) is 0 Å². The van der Waals surface area contributed by atoms with Crippen molar-refractivity contribution in [3.63, 3.8) is 0 Å². The SMILES string of the molecule is Brc1c(C2=CCCCC2)[se]c2ccccc12. The van der Waals surface area contributed by atoms with Gasteiger partial charge in [-0.15, -0.1) is 0 Å². The molecule has 0 bridgehead atoms. The molecule has 2 heteroatoms. The summed E-state index contributed by atoms with van der Waals surface area (Å²) in [5.41, 5.74) is 1.61. The van der Waals surface area contributed by atoms with E-state index in [4.69, 9.17) is 0 Å². The zero-order valence-corrected chi connectivity index (χ0v) is 12.3. The van der Waals surface area contributed by atoms with Crippen molar-refractivity contribution in [1.82, 2.24) is 0 Å². The number of benzene rings is 1. The molecule has 0 unspecified atom stereocenters. The second-order valence-corrected chi connectivity index (χ2v) is 7.22. The van der Waals surface area contributed by atoms with Gasteiger partial charge in [0.05, 0.1) is 0 Å². The van der Waals surface area contributed by atoms with Gasteiger partial charge in [-0.05, 0) is 0 Å². The van der Waals surface area contributed by atoms with Crippen LogP contribution in [0, 0.1) is 0 Å². The third-order valence-electron chi connectivity index (χ3n) is 3.12. The van der Waals surface area contributed by atoms with E-state index in [-0.39, 0.29) is 0 Å². The molecule has 1 aromatic heterocycles. The first-order valence-corrected chi connectivity index (χ1v) is 8.23. The summed E-state index contributed by atoms with van der Waals surface area (Å²) < 4.78 is 4.48. The molecule has 1 heterocycles. The van der Waals surface area contributed by atoms with E-state index in [9.17, 15) is 0 Å². The van der Waals surface area contributed by atoms with E-state index < -0.39 is 0 Å². The van der Waals surface area contributed by atoms with Crippen molar-refractivity contribution in [2.45, 2.75) is 25.7 Å². The summed E-state index contributed by atoms with van der Waals surface area (Å²) in [6, 6.07) is 8.79.